The fourth-order valence-corrected chi connectivity index (χ4v) is 3.16. The highest BCUT2D eigenvalue weighted by atomic mass is 16.7. The highest BCUT2D eigenvalue weighted by molar-refractivity contribution is 5.45. The molecule has 25 heavy (non-hydrogen) atoms. The van der Waals surface area contributed by atoms with Gasteiger partial charge in [-0.25, -0.2) is 5.06 Å². The van der Waals surface area contributed by atoms with E-state index in [2.05, 4.69) is 6.92 Å². The molecular formula is C22H44NO2. The number of amides is 1. The van der Waals surface area contributed by atoms with Crippen LogP contribution in [0, 0.1) is 0 Å². The van der Waals surface area contributed by atoms with Gasteiger partial charge >= 0.3 is 6.41 Å². The fourth-order valence-electron chi connectivity index (χ4n) is 3.16. The molecule has 0 aliphatic rings. The zero-order valence-electron chi connectivity index (χ0n) is 17.2. The van der Waals surface area contributed by atoms with Crippen molar-refractivity contribution in [2.75, 3.05) is 13.2 Å². The van der Waals surface area contributed by atoms with Gasteiger partial charge in [-0.3, -0.25) is 9.63 Å². The van der Waals surface area contributed by atoms with Gasteiger partial charge in [-0.15, -0.1) is 0 Å². The summed E-state index contributed by atoms with van der Waals surface area (Å²) in [6.07, 6.45) is 24.7. The van der Waals surface area contributed by atoms with Crippen molar-refractivity contribution in [1.29, 1.82) is 0 Å². The highest BCUT2D eigenvalue weighted by Gasteiger charge is 2.01. The molecule has 0 heterocycles. The van der Waals surface area contributed by atoms with Gasteiger partial charge in [0.15, 0.2) is 0 Å². The quantitative estimate of drug-likeness (QED) is 0.127. The van der Waals surface area contributed by atoms with Gasteiger partial charge in [-0.05, 0) is 12.8 Å². The van der Waals surface area contributed by atoms with Crippen molar-refractivity contribution in [3.05, 3.63) is 0 Å². The highest BCUT2D eigenvalue weighted by Crippen LogP contribution is 2.13. The van der Waals surface area contributed by atoms with Gasteiger partial charge in [-0.1, -0.05) is 110 Å². The molecule has 0 aromatic carbocycles. The Kier molecular flexibility index (Phi) is 21.0. The number of hydroxylamine groups is 2. The van der Waals surface area contributed by atoms with Crippen LogP contribution < -0.4 is 0 Å². The van der Waals surface area contributed by atoms with Crippen LogP contribution in [0.4, 0.5) is 0 Å². The second kappa shape index (κ2) is 21.5. The minimum Gasteiger partial charge on any atom is -0.271 e. The summed E-state index contributed by atoms with van der Waals surface area (Å²) in [4.78, 5) is 15.9. The van der Waals surface area contributed by atoms with Crippen molar-refractivity contribution >= 4 is 6.41 Å². The van der Waals surface area contributed by atoms with Crippen LogP contribution in [0.3, 0.4) is 0 Å². The third-order valence-corrected chi connectivity index (χ3v) is 4.77. The number of hydrogen-bond acceptors (Lipinski definition) is 2. The predicted molar refractivity (Wildman–Crippen MR) is 108 cm³/mol. The summed E-state index contributed by atoms with van der Waals surface area (Å²) >= 11 is 0. The Morgan fingerprint density at radius 2 is 1.00 bits per heavy atom. The summed E-state index contributed by atoms with van der Waals surface area (Å²) in [6, 6.07) is 0. The lowest BCUT2D eigenvalue weighted by Gasteiger charge is -2.14. The minimum atomic E-state index is 0.641. The first-order chi connectivity index (χ1) is 12.3. The predicted octanol–water partition coefficient (Wildman–Crippen LogP) is 6.96. The van der Waals surface area contributed by atoms with E-state index in [0.29, 0.717) is 13.2 Å². The zero-order valence-corrected chi connectivity index (χ0v) is 17.2. The maximum atomic E-state index is 10.6. The lowest BCUT2D eigenvalue weighted by atomic mass is 10.0. The molecule has 0 aromatic heterocycles. The van der Waals surface area contributed by atoms with Crippen molar-refractivity contribution in [3.63, 3.8) is 0 Å². The Balaban J connectivity index is 3.08. The summed E-state index contributed by atoms with van der Waals surface area (Å²) < 4.78 is 0. The second-order valence-electron chi connectivity index (χ2n) is 7.33. The van der Waals surface area contributed by atoms with E-state index in [9.17, 15) is 4.79 Å². The number of rotatable bonds is 21. The van der Waals surface area contributed by atoms with Crippen LogP contribution in [0.2, 0.25) is 0 Å². The molecule has 3 heteroatoms. The third-order valence-electron chi connectivity index (χ3n) is 4.77. The summed E-state index contributed by atoms with van der Waals surface area (Å²) in [5.74, 6) is 0. The van der Waals surface area contributed by atoms with Crippen LogP contribution in [0.5, 0.6) is 0 Å². The second-order valence-corrected chi connectivity index (χ2v) is 7.33. The van der Waals surface area contributed by atoms with Gasteiger partial charge in [-0.2, -0.15) is 0 Å². The number of unbranched alkanes of at least 4 members (excludes halogenated alkanes) is 15. The fraction of sp³-hybridized carbons (Fsp3) is 0.955. The van der Waals surface area contributed by atoms with E-state index < -0.39 is 0 Å². The van der Waals surface area contributed by atoms with Gasteiger partial charge < -0.3 is 0 Å². The van der Waals surface area contributed by atoms with Crippen LogP contribution in [-0.4, -0.2) is 24.6 Å². The van der Waals surface area contributed by atoms with E-state index in [1.54, 1.807) is 0 Å². The molecule has 0 N–H and O–H groups in total. The molecule has 149 valence electrons. The Hall–Kier alpha value is -0.570. The van der Waals surface area contributed by atoms with E-state index in [4.69, 9.17) is 4.84 Å². The van der Waals surface area contributed by atoms with E-state index in [1.807, 2.05) is 13.3 Å². The standard InChI is InChI=1S/C22H44NO2/c1-3-5-6-7-8-9-10-11-12-13-14-15-16-17-18-19-21-25-23(22-24)20-4-2/h3-21H2,1-2H3. The molecule has 0 aliphatic heterocycles. The molecule has 0 saturated heterocycles. The molecule has 0 unspecified atom stereocenters. The minimum absolute atomic E-state index is 0.641. The lowest BCUT2D eigenvalue weighted by Crippen LogP contribution is -2.23. The Morgan fingerprint density at radius 1 is 0.600 bits per heavy atom. The van der Waals surface area contributed by atoms with Gasteiger partial charge in [0.1, 0.15) is 0 Å². The van der Waals surface area contributed by atoms with Crippen LogP contribution in [0.1, 0.15) is 123 Å². The van der Waals surface area contributed by atoms with Crippen LogP contribution >= 0.6 is 0 Å². The normalized spacial score (nSPS) is 11.0. The molecule has 0 fully saturated rings. The summed E-state index contributed by atoms with van der Waals surface area (Å²) in [5, 5.41) is 1.30. The molecule has 0 aliphatic carbocycles. The lowest BCUT2D eigenvalue weighted by molar-refractivity contribution is -0.101. The smallest absolute Gasteiger partial charge is 0.271 e. The Labute approximate surface area is 157 Å². The van der Waals surface area contributed by atoms with Crippen molar-refractivity contribution in [2.45, 2.75) is 123 Å². The average molecular weight is 355 g/mol. The molecule has 1 radical (unpaired) electrons. The van der Waals surface area contributed by atoms with Gasteiger partial charge in [0, 0.05) is 6.54 Å². The van der Waals surface area contributed by atoms with Crippen molar-refractivity contribution in [1.82, 2.24) is 5.06 Å². The molecule has 0 rings (SSSR count). The maximum Gasteiger partial charge on any atom is 0.337 e. The first-order valence-electron chi connectivity index (χ1n) is 11.1. The van der Waals surface area contributed by atoms with Crippen LogP contribution in [0.25, 0.3) is 0 Å². The van der Waals surface area contributed by atoms with Gasteiger partial charge in [0.05, 0.1) is 6.61 Å². The molecule has 3 nitrogen and oxygen atoms in total. The average Bonchev–Trinajstić information content (AvgIpc) is 2.63. The monoisotopic (exact) mass is 354 g/mol. The number of hydrogen-bond donors (Lipinski definition) is 0. The first kappa shape index (κ1) is 24.4. The Bertz CT molecular complexity index is 258. The van der Waals surface area contributed by atoms with Crippen molar-refractivity contribution < 1.29 is 9.63 Å². The molecule has 0 atom stereocenters. The van der Waals surface area contributed by atoms with E-state index in [1.165, 1.54) is 101 Å². The van der Waals surface area contributed by atoms with E-state index >= 15 is 0 Å². The molecule has 0 aromatic rings. The van der Waals surface area contributed by atoms with Gasteiger partial charge in [0.2, 0.25) is 0 Å². The van der Waals surface area contributed by atoms with Crippen LogP contribution in [-0.2, 0) is 9.63 Å². The SMILES string of the molecule is CCCCCCCCCCCCCCCCCCON([C]=O)CCC. The molecule has 0 spiro atoms. The van der Waals surface area contributed by atoms with Crippen molar-refractivity contribution in [3.8, 4) is 0 Å². The molecule has 0 saturated carbocycles. The first-order valence-corrected chi connectivity index (χ1v) is 11.1. The van der Waals surface area contributed by atoms with Gasteiger partial charge in [0.25, 0.3) is 0 Å². The van der Waals surface area contributed by atoms with E-state index in [-0.39, 0.29) is 0 Å². The molecule has 1 amide bonds. The summed E-state index contributed by atoms with van der Waals surface area (Å²) in [7, 11) is 0. The molecular weight excluding hydrogens is 310 g/mol. The third kappa shape index (κ3) is 19.6. The van der Waals surface area contributed by atoms with Crippen molar-refractivity contribution in [2.24, 2.45) is 0 Å². The summed E-state index contributed by atoms with van der Waals surface area (Å²) in [6.45, 7) is 5.60. The van der Waals surface area contributed by atoms with Crippen LogP contribution in [0.15, 0.2) is 0 Å². The number of carbonyl (C=O) groups excluding carboxylic acids is 1. The number of nitrogens with zero attached hydrogens (tertiary/aromatic N) is 1. The largest absolute Gasteiger partial charge is 0.337 e. The Morgan fingerprint density at radius 3 is 1.36 bits per heavy atom. The van der Waals surface area contributed by atoms with E-state index in [0.717, 1.165) is 12.8 Å². The maximum absolute atomic E-state index is 10.6. The molecule has 0 bridgehead atoms. The summed E-state index contributed by atoms with van der Waals surface area (Å²) in [5.41, 5.74) is 0. The topological polar surface area (TPSA) is 29.5 Å². The zero-order chi connectivity index (χ0) is 18.4.